The van der Waals surface area contributed by atoms with Crippen molar-refractivity contribution < 1.29 is 4.39 Å². The Hall–Kier alpha value is -2.93. The molecule has 0 saturated carbocycles. The molecule has 1 fully saturated rings. The molecule has 1 saturated heterocycles. The molecule has 0 amide bonds. The first-order valence-electron chi connectivity index (χ1n) is 9.95. The number of nitrogens with zero attached hydrogens (tertiary/aromatic N) is 3. The second-order valence-corrected chi connectivity index (χ2v) is 7.34. The lowest BCUT2D eigenvalue weighted by molar-refractivity contribution is 0.628. The molecule has 0 radical (unpaired) electrons. The Kier molecular flexibility index (Phi) is 5.72. The molecule has 3 heterocycles. The first kappa shape index (κ1) is 20.3. The molecule has 1 aliphatic rings. The van der Waals surface area contributed by atoms with E-state index in [0.29, 0.717) is 16.6 Å². The van der Waals surface area contributed by atoms with Crippen molar-refractivity contribution in [1.82, 2.24) is 19.5 Å². The number of fused-ring (bicyclic) bond motifs is 1. The normalized spacial score (nSPS) is 16.0. The maximum atomic E-state index is 13.4. The highest BCUT2D eigenvalue weighted by molar-refractivity contribution is 8.93. The van der Waals surface area contributed by atoms with Gasteiger partial charge in [-0.15, -0.1) is 17.0 Å². The average molecular weight is 469 g/mol. The molecular formula is C23H22BrFN4O. The molecule has 0 atom stereocenters. The third-order valence-corrected chi connectivity index (χ3v) is 5.42. The monoisotopic (exact) mass is 468 g/mol. The van der Waals surface area contributed by atoms with Crippen LogP contribution < -0.4 is 16.1 Å². The molecule has 1 aliphatic heterocycles. The summed E-state index contributed by atoms with van der Waals surface area (Å²) in [5, 5.41) is 4.08. The molecule has 7 heteroatoms. The van der Waals surface area contributed by atoms with Crippen LogP contribution in [0.4, 0.5) is 4.39 Å². The van der Waals surface area contributed by atoms with Gasteiger partial charge in [0.2, 0.25) is 0 Å². The molecule has 0 spiro atoms. The van der Waals surface area contributed by atoms with Gasteiger partial charge in [-0.05, 0) is 55.7 Å². The Labute approximate surface area is 183 Å². The zero-order valence-corrected chi connectivity index (χ0v) is 18.1. The van der Waals surface area contributed by atoms with Crippen LogP contribution in [0.15, 0.2) is 65.6 Å². The minimum Gasteiger partial charge on any atom is -0.388 e. The van der Waals surface area contributed by atoms with E-state index in [1.54, 1.807) is 16.8 Å². The van der Waals surface area contributed by atoms with Gasteiger partial charge < -0.3 is 5.32 Å². The number of halogens is 2. The fourth-order valence-electron chi connectivity index (χ4n) is 3.97. The van der Waals surface area contributed by atoms with Crippen LogP contribution in [0.25, 0.3) is 28.3 Å². The molecule has 2 aromatic heterocycles. The van der Waals surface area contributed by atoms with E-state index < -0.39 is 0 Å². The number of imidazole rings is 1. The van der Waals surface area contributed by atoms with Gasteiger partial charge in [-0.3, -0.25) is 4.79 Å². The van der Waals surface area contributed by atoms with Crippen LogP contribution in [0, 0.1) is 5.82 Å². The highest BCUT2D eigenvalue weighted by Gasteiger charge is 2.19. The summed E-state index contributed by atoms with van der Waals surface area (Å²) in [4.78, 5) is 18.2. The van der Waals surface area contributed by atoms with Crippen molar-refractivity contribution in [3.8, 4) is 16.9 Å². The molecule has 30 heavy (non-hydrogen) atoms. The van der Waals surface area contributed by atoms with E-state index in [2.05, 4.69) is 5.32 Å². The van der Waals surface area contributed by atoms with E-state index >= 15 is 0 Å². The van der Waals surface area contributed by atoms with Crippen molar-refractivity contribution in [2.24, 2.45) is 0 Å². The summed E-state index contributed by atoms with van der Waals surface area (Å²) in [5.74, 6) is -0.285. The summed E-state index contributed by atoms with van der Waals surface area (Å²) in [7, 11) is 0. The predicted octanol–water partition coefficient (Wildman–Crippen LogP) is 3.86. The Morgan fingerprint density at radius 2 is 1.73 bits per heavy atom. The number of hydrogen-bond donors (Lipinski definition) is 1. The van der Waals surface area contributed by atoms with Crippen molar-refractivity contribution in [2.45, 2.75) is 25.7 Å². The van der Waals surface area contributed by atoms with Crippen molar-refractivity contribution in [2.75, 3.05) is 6.54 Å². The Bertz CT molecular complexity index is 1270. The summed E-state index contributed by atoms with van der Waals surface area (Å²) in [6, 6.07) is 15.8. The van der Waals surface area contributed by atoms with Crippen molar-refractivity contribution >= 4 is 28.3 Å². The summed E-state index contributed by atoms with van der Waals surface area (Å²) >= 11 is 0. The summed E-state index contributed by atoms with van der Waals surface area (Å²) in [6.45, 7) is 0.864. The lowest BCUT2D eigenvalue weighted by Crippen LogP contribution is -2.33. The number of hydrogen-bond acceptors (Lipinski definition) is 3. The summed E-state index contributed by atoms with van der Waals surface area (Å²) in [6.07, 6.45) is 5.98. The van der Waals surface area contributed by atoms with Gasteiger partial charge >= 0.3 is 0 Å². The van der Waals surface area contributed by atoms with E-state index in [0.717, 1.165) is 49.2 Å². The molecule has 2 aromatic carbocycles. The maximum Gasteiger partial charge on any atom is 0.283 e. The molecule has 0 aliphatic carbocycles. The van der Waals surface area contributed by atoms with Gasteiger partial charge in [-0.2, -0.15) is 0 Å². The average Bonchev–Trinajstić information content (AvgIpc) is 3.12. The van der Waals surface area contributed by atoms with Gasteiger partial charge in [-0.25, -0.2) is 18.6 Å². The molecule has 4 aromatic rings. The van der Waals surface area contributed by atoms with Crippen LogP contribution in [0.1, 0.15) is 25.7 Å². The fraction of sp³-hybridized carbons (Fsp3) is 0.217. The van der Waals surface area contributed by atoms with Gasteiger partial charge in [0.05, 0.1) is 17.6 Å². The van der Waals surface area contributed by atoms with Crippen LogP contribution in [-0.2, 0) is 0 Å². The lowest BCUT2D eigenvalue weighted by atomic mass is 10.1. The highest BCUT2D eigenvalue weighted by atomic mass is 79.9. The molecule has 0 unspecified atom stereocenters. The quantitative estimate of drug-likeness (QED) is 0.485. The van der Waals surface area contributed by atoms with Crippen LogP contribution in [-0.4, -0.2) is 20.7 Å². The molecule has 0 bridgehead atoms. The van der Waals surface area contributed by atoms with Crippen LogP contribution in [0.5, 0.6) is 0 Å². The standard InChI is InChI=1S/C23H21FN4O.BrH/c24-17-12-10-16(11-13-17)20-15-27-22(26-20)21(19-9-5-2-6-14-25-19)23(29)28(27)18-7-3-1-4-8-18;/h1,3-4,7-8,10-13,15,25H,2,5-6,9,14H2;1H/b21-19+;. The minimum atomic E-state index is -0.285. The number of para-hydroxylation sites is 1. The summed E-state index contributed by atoms with van der Waals surface area (Å²) in [5.41, 5.74) is 3.82. The second kappa shape index (κ2) is 8.44. The van der Waals surface area contributed by atoms with E-state index in [4.69, 9.17) is 4.98 Å². The van der Waals surface area contributed by atoms with E-state index in [9.17, 15) is 9.18 Å². The maximum absolute atomic E-state index is 13.4. The van der Waals surface area contributed by atoms with Crippen molar-refractivity contribution in [3.63, 3.8) is 0 Å². The van der Waals surface area contributed by atoms with Crippen LogP contribution in [0.3, 0.4) is 0 Å². The Morgan fingerprint density at radius 3 is 2.50 bits per heavy atom. The number of nitrogens with one attached hydrogen (secondary N) is 1. The van der Waals surface area contributed by atoms with Gasteiger partial charge in [0.15, 0.2) is 5.65 Å². The molecule has 5 rings (SSSR count). The Morgan fingerprint density at radius 1 is 0.967 bits per heavy atom. The molecule has 1 N–H and O–H groups in total. The predicted molar refractivity (Wildman–Crippen MR) is 122 cm³/mol. The number of benzene rings is 2. The van der Waals surface area contributed by atoms with Gasteiger partial charge in [0.1, 0.15) is 11.0 Å². The first-order chi connectivity index (χ1) is 14.2. The van der Waals surface area contributed by atoms with Gasteiger partial charge in [0, 0.05) is 17.8 Å². The minimum absolute atomic E-state index is 0. The van der Waals surface area contributed by atoms with Crippen molar-refractivity contribution in [1.29, 1.82) is 0 Å². The van der Waals surface area contributed by atoms with Crippen molar-refractivity contribution in [3.05, 3.63) is 82.2 Å². The highest BCUT2D eigenvalue weighted by Crippen LogP contribution is 2.20. The lowest BCUT2D eigenvalue weighted by Gasteiger charge is -2.04. The van der Waals surface area contributed by atoms with Gasteiger partial charge in [-0.1, -0.05) is 24.6 Å². The van der Waals surface area contributed by atoms with Gasteiger partial charge in [0.25, 0.3) is 5.56 Å². The second-order valence-electron chi connectivity index (χ2n) is 7.34. The van der Waals surface area contributed by atoms with E-state index in [1.165, 1.54) is 12.1 Å². The topological polar surface area (TPSA) is 51.3 Å². The third kappa shape index (κ3) is 3.54. The Balaban J connectivity index is 0.00000218. The third-order valence-electron chi connectivity index (χ3n) is 5.42. The first-order valence-corrected chi connectivity index (χ1v) is 9.95. The number of rotatable bonds is 2. The van der Waals surface area contributed by atoms with Crippen LogP contribution in [0.2, 0.25) is 0 Å². The SMILES string of the molecule is Br.O=c1/c(=C2\CCCCCN2)c2nc(-c3ccc(F)cc3)cn2n1-c1ccccc1. The van der Waals surface area contributed by atoms with Crippen LogP contribution >= 0.6 is 17.0 Å². The molecule has 5 nitrogen and oxygen atoms in total. The van der Waals surface area contributed by atoms with E-state index in [-0.39, 0.29) is 28.4 Å². The smallest absolute Gasteiger partial charge is 0.283 e. The molecular weight excluding hydrogens is 447 g/mol. The largest absolute Gasteiger partial charge is 0.388 e. The zero-order chi connectivity index (χ0) is 19.8. The van der Waals surface area contributed by atoms with E-state index in [1.807, 2.05) is 41.0 Å². The zero-order valence-electron chi connectivity index (χ0n) is 16.3. The number of aromatic nitrogens is 3. The molecule has 154 valence electrons. The summed E-state index contributed by atoms with van der Waals surface area (Å²) < 4.78 is 16.8. The fourth-order valence-corrected chi connectivity index (χ4v) is 3.97.